The highest BCUT2D eigenvalue weighted by Crippen LogP contribution is 2.23. The summed E-state index contributed by atoms with van der Waals surface area (Å²) < 4.78 is 1.24. The zero-order valence-electron chi connectivity index (χ0n) is 10.1. The van der Waals surface area contributed by atoms with E-state index in [2.05, 4.69) is 44.6 Å². The highest BCUT2D eigenvalue weighted by Gasteiger charge is 2.18. The van der Waals surface area contributed by atoms with Crippen LogP contribution in [0.2, 0.25) is 0 Å². The lowest BCUT2D eigenvalue weighted by Crippen LogP contribution is -2.36. The lowest BCUT2D eigenvalue weighted by Gasteiger charge is -2.31. The molecule has 0 unspecified atom stereocenters. The summed E-state index contributed by atoms with van der Waals surface area (Å²) in [5, 5.41) is 5.54. The molecule has 0 spiro atoms. The molecule has 1 aromatic heterocycles. The molecule has 17 heavy (non-hydrogen) atoms. The molecule has 1 saturated heterocycles. The molecule has 1 aliphatic rings. The third kappa shape index (κ3) is 4.87. The SMILES string of the molecule is CNCC1CCN(Cc2csc(Br)c2)CC1.Cl. The minimum absolute atomic E-state index is 0. The fourth-order valence-electron chi connectivity index (χ4n) is 2.32. The molecular weight excluding hydrogens is 320 g/mol. The van der Waals surface area contributed by atoms with Crippen LogP contribution in [0.3, 0.4) is 0 Å². The fraction of sp³-hybridized carbons (Fsp3) is 0.667. The van der Waals surface area contributed by atoms with Gasteiger partial charge in [0, 0.05) is 6.54 Å². The van der Waals surface area contributed by atoms with E-state index in [1.807, 2.05) is 0 Å². The standard InChI is InChI=1S/C12H19BrN2S.ClH/c1-14-7-10-2-4-15(5-3-10)8-11-6-12(13)16-9-11;/h6,9-10,14H,2-5,7-8H2,1H3;1H. The average molecular weight is 340 g/mol. The van der Waals surface area contributed by atoms with Crippen molar-refractivity contribution in [2.45, 2.75) is 19.4 Å². The fourth-order valence-corrected chi connectivity index (χ4v) is 3.52. The number of thiophene rings is 1. The van der Waals surface area contributed by atoms with Crippen molar-refractivity contribution in [3.05, 3.63) is 20.8 Å². The molecule has 1 N–H and O–H groups in total. The van der Waals surface area contributed by atoms with Crippen LogP contribution in [0.15, 0.2) is 15.2 Å². The highest BCUT2D eigenvalue weighted by atomic mass is 79.9. The Morgan fingerprint density at radius 2 is 2.18 bits per heavy atom. The van der Waals surface area contributed by atoms with E-state index >= 15 is 0 Å². The summed E-state index contributed by atoms with van der Waals surface area (Å²) in [6.07, 6.45) is 2.68. The zero-order chi connectivity index (χ0) is 11.4. The third-order valence-electron chi connectivity index (χ3n) is 3.23. The number of rotatable bonds is 4. The normalized spacial score (nSPS) is 18.0. The van der Waals surface area contributed by atoms with Crippen LogP contribution in [0.1, 0.15) is 18.4 Å². The van der Waals surface area contributed by atoms with Crippen LogP contribution in [-0.2, 0) is 6.54 Å². The molecule has 1 aliphatic heterocycles. The van der Waals surface area contributed by atoms with Gasteiger partial charge in [0.15, 0.2) is 0 Å². The molecule has 0 amide bonds. The first-order chi connectivity index (χ1) is 7.78. The van der Waals surface area contributed by atoms with E-state index in [9.17, 15) is 0 Å². The molecule has 0 aromatic carbocycles. The van der Waals surface area contributed by atoms with Gasteiger partial charge in [-0.15, -0.1) is 23.7 Å². The summed E-state index contributed by atoms with van der Waals surface area (Å²) in [6.45, 7) is 4.80. The van der Waals surface area contributed by atoms with Gasteiger partial charge in [0.25, 0.3) is 0 Å². The van der Waals surface area contributed by atoms with Crippen LogP contribution in [0.5, 0.6) is 0 Å². The number of nitrogens with one attached hydrogen (secondary N) is 1. The monoisotopic (exact) mass is 338 g/mol. The summed E-state index contributed by atoms with van der Waals surface area (Å²) in [5.74, 6) is 0.885. The molecular formula is C12H20BrClN2S. The van der Waals surface area contributed by atoms with E-state index in [-0.39, 0.29) is 12.4 Å². The topological polar surface area (TPSA) is 15.3 Å². The van der Waals surface area contributed by atoms with Crippen molar-refractivity contribution in [2.75, 3.05) is 26.7 Å². The van der Waals surface area contributed by atoms with E-state index in [0.29, 0.717) is 0 Å². The summed E-state index contributed by atoms with van der Waals surface area (Å²) in [6, 6.07) is 2.24. The minimum atomic E-state index is 0. The van der Waals surface area contributed by atoms with Gasteiger partial charge in [-0.2, -0.15) is 0 Å². The lowest BCUT2D eigenvalue weighted by atomic mass is 9.97. The van der Waals surface area contributed by atoms with Crippen molar-refractivity contribution in [3.63, 3.8) is 0 Å². The van der Waals surface area contributed by atoms with Crippen molar-refractivity contribution in [3.8, 4) is 0 Å². The molecule has 0 radical (unpaired) electrons. The smallest absolute Gasteiger partial charge is 0.0701 e. The van der Waals surface area contributed by atoms with Crippen LogP contribution >= 0.6 is 39.7 Å². The second-order valence-electron chi connectivity index (χ2n) is 4.54. The maximum absolute atomic E-state index is 3.52. The number of halogens is 2. The first-order valence-corrected chi connectivity index (χ1v) is 7.55. The van der Waals surface area contributed by atoms with Gasteiger partial charge in [0.05, 0.1) is 3.79 Å². The predicted octanol–water partition coefficient (Wildman–Crippen LogP) is 3.36. The van der Waals surface area contributed by atoms with Crippen LogP contribution in [0.25, 0.3) is 0 Å². The Kier molecular flexibility index (Phi) is 7.04. The molecule has 2 rings (SSSR count). The molecule has 98 valence electrons. The van der Waals surface area contributed by atoms with Gasteiger partial charge in [-0.1, -0.05) is 0 Å². The van der Waals surface area contributed by atoms with Gasteiger partial charge >= 0.3 is 0 Å². The van der Waals surface area contributed by atoms with Crippen LogP contribution in [0.4, 0.5) is 0 Å². The quantitative estimate of drug-likeness (QED) is 0.905. The average Bonchev–Trinajstić information content (AvgIpc) is 2.67. The van der Waals surface area contributed by atoms with Crippen molar-refractivity contribution in [2.24, 2.45) is 5.92 Å². The highest BCUT2D eigenvalue weighted by molar-refractivity contribution is 9.11. The maximum atomic E-state index is 3.52. The Morgan fingerprint density at radius 1 is 1.47 bits per heavy atom. The summed E-state index contributed by atoms with van der Waals surface area (Å²) in [4.78, 5) is 2.57. The molecule has 0 aliphatic carbocycles. The van der Waals surface area contributed by atoms with E-state index in [1.54, 1.807) is 11.3 Å². The minimum Gasteiger partial charge on any atom is -0.319 e. The van der Waals surface area contributed by atoms with Crippen molar-refractivity contribution >= 4 is 39.7 Å². The summed E-state index contributed by atoms with van der Waals surface area (Å²) >= 11 is 5.30. The second-order valence-corrected chi connectivity index (χ2v) is 6.83. The van der Waals surface area contributed by atoms with Crippen molar-refractivity contribution in [1.29, 1.82) is 0 Å². The maximum Gasteiger partial charge on any atom is 0.0701 e. The van der Waals surface area contributed by atoms with Crippen molar-refractivity contribution < 1.29 is 0 Å². The predicted molar refractivity (Wildman–Crippen MR) is 81.2 cm³/mol. The number of nitrogens with zero attached hydrogens (tertiary/aromatic N) is 1. The molecule has 5 heteroatoms. The third-order valence-corrected chi connectivity index (χ3v) is 4.78. The number of piperidine rings is 1. The number of hydrogen-bond acceptors (Lipinski definition) is 3. The van der Waals surface area contributed by atoms with Gasteiger partial charge in [0.2, 0.25) is 0 Å². The Hall–Kier alpha value is 0.390. The second kappa shape index (κ2) is 7.74. The molecule has 1 fully saturated rings. The number of likely N-dealkylation sites (tertiary alicyclic amines) is 1. The largest absolute Gasteiger partial charge is 0.319 e. The van der Waals surface area contributed by atoms with E-state index in [4.69, 9.17) is 0 Å². The number of hydrogen-bond donors (Lipinski definition) is 1. The van der Waals surface area contributed by atoms with Gasteiger partial charge in [-0.3, -0.25) is 4.90 Å². The molecule has 0 atom stereocenters. The molecule has 2 nitrogen and oxygen atoms in total. The van der Waals surface area contributed by atoms with E-state index < -0.39 is 0 Å². The lowest BCUT2D eigenvalue weighted by molar-refractivity contribution is 0.177. The Bertz CT molecular complexity index is 324. The summed E-state index contributed by atoms with van der Waals surface area (Å²) in [7, 11) is 2.05. The van der Waals surface area contributed by atoms with Crippen LogP contribution in [-0.4, -0.2) is 31.6 Å². The molecule has 0 saturated carbocycles. The summed E-state index contributed by atoms with van der Waals surface area (Å²) in [5.41, 5.74) is 1.45. The first kappa shape index (κ1) is 15.4. The first-order valence-electron chi connectivity index (χ1n) is 5.88. The zero-order valence-corrected chi connectivity index (χ0v) is 13.3. The Balaban J connectivity index is 0.00000144. The van der Waals surface area contributed by atoms with Crippen LogP contribution < -0.4 is 5.32 Å². The van der Waals surface area contributed by atoms with Gasteiger partial charge < -0.3 is 5.32 Å². The van der Waals surface area contributed by atoms with Gasteiger partial charge in [-0.25, -0.2) is 0 Å². The van der Waals surface area contributed by atoms with Gasteiger partial charge in [0.1, 0.15) is 0 Å². The Morgan fingerprint density at radius 3 is 2.71 bits per heavy atom. The van der Waals surface area contributed by atoms with Crippen molar-refractivity contribution in [1.82, 2.24) is 10.2 Å². The molecule has 2 heterocycles. The van der Waals surface area contributed by atoms with E-state index in [1.165, 1.54) is 41.8 Å². The van der Waals surface area contributed by atoms with E-state index in [0.717, 1.165) is 12.5 Å². The van der Waals surface area contributed by atoms with Crippen LogP contribution in [0, 0.1) is 5.92 Å². The van der Waals surface area contributed by atoms with Gasteiger partial charge in [-0.05, 0) is 78.4 Å². The Labute approximate surface area is 122 Å². The molecule has 1 aromatic rings. The molecule has 0 bridgehead atoms.